The second kappa shape index (κ2) is 6.83. The summed E-state index contributed by atoms with van der Waals surface area (Å²) in [5, 5.41) is 0. The molecule has 1 aromatic rings. The van der Waals surface area contributed by atoms with Crippen LogP contribution in [0, 0.1) is 10.8 Å². The second-order valence-corrected chi connectivity index (χ2v) is 9.80. The van der Waals surface area contributed by atoms with E-state index >= 15 is 0 Å². The topological polar surface area (TPSA) is 38.8 Å². The molecule has 3 saturated carbocycles. The maximum absolute atomic E-state index is 13.1. The highest BCUT2D eigenvalue weighted by molar-refractivity contribution is 5.88. The summed E-state index contributed by atoms with van der Waals surface area (Å²) in [6, 6.07) is 8.18. The first-order valence-corrected chi connectivity index (χ1v) is 10.9. The van der Waals surface area contributed by atoms with Crippen LogP contribution >= 0.6 is 0 Å². The summed E-state index contributed by atoms with van der Waals surface area (Å²) in [5.41, 5.74) is 2.40. The van der Waals surface area contributed by atoms with Crippen molar-refractivity contribution < 1.29 is 18.7 Å². The van der Waals surface area contributed by atoms with Gasteiger partial charge < -0.3 is 14.4 Å². The van der Waals surface area contributed by atoms with Gasteiger partial charge in [-0.1, -0.05) is 19.1 Å². The Hall–Kier alpha value is -1.88. The molecule has 156 valence electrons. The summed E-state index contributed by atoms with van der Waals surface area (Å²) in [6.45, 7) is 5.77. The molecule has 1 aromatic carbocycles. The molecule has 5 fully saturated rings. The molecular formula is C24H30FNO3. The van der Waals surface area contributed by atoms with Gasteiger partial charge in [0.1, 0.15) is 12.4 Å². The summed E-state index contributed by atoms with van der Waals surface area (Å²) in [6.07, 6.45) is 6.43. The van der Waals surface area contributed by atoms with E-state index in [-0.39, 0.29) is 10.8 Å². The quantitative estimate of drug-likeness (QED) is 0.712. The second-order valence-electron chi connectivity index (χ2n) is 9.80. The Labute approximate surface area is 172 Å². The molecule has 0 radical (unpaired) electrons. The highest BCUT2D eigenvalue weighted by Gasteiger charge is 2.73. The van der Waals surface area contributed by atoms with E-state index in [1.165, 1.54) is 5.56 Å². The van der Waals surface area contributed by atoms with Crippen molar-refractivity contribution in [2.24, 2.45) is 10.8 Å². The Morgan fingerprint density at radius 3 is 2.41 bits per heavy atom. The molecule has 1 amide bonds. The SMILES string of the molecule is CC/C(=C\F)COc1ccc(C23CC(C(=O)N4CC5(CCOCC5)C4)(C2)C3)cc1. The van der Waals surface area contributed by atoms with E-state index in [4.69, 9.17) is 9.47 Å². The van der Waals surface area contributed by atoms with Gasteiger partial charge in [-0.3, -0.25) is 4.79 Å². The molecule has 2 aliphatic heterocycles. The van der Waals surface area contributed by atoms with Gasteiger partial charge in [-0.15, -0.1) is 0 Å². The van der Waals surface area contributed by atoms with Crippen LogP contribution in [0.5, 0.6) is 5.75 Å². The van der Waals surface area contributed by atoms with Crippen LogP contribution < -0.4 is 4.74 Å². The number of rotatable bonds is 6. The van der Waals surface area contributed by atoms with Crippen molar-refractivity contribution in [1.82, 2.24) is 4.90 Å². The fourth-order valence-corrected chi connectivity index (χ4v) is 5.98. The van der Waals surface area contributed by atoms with Gasteiger partial charge in [0.25, 0.3) is 0 Å². The number of ether oxygens (including phenoxy) is 2. The Morgan fingerprint density at radius 2 is 1.83 bits per heavy atom. The number of benzene rings is 1. The number of nitrogens with zero attached hydrogens (tertiary/aromatic N) is 1. The van der Waals surface area contributed by atoms with Gasteiger partial charge in [-0.05, 0) is 67.2 Å². The van der Waals surface area contributed by atoms with E-state index < -0.39 is 0 Å². The van der Waals surface area contributed by atoms with Gasteiger partial charge >= 0.3 is 0 Å². The lowest BCUT2D eigenvalue weighted by atomic mass is 9.33. The Bertz CT molecular complexity index is 797. The van der Waals surface area contributed by atoms with Crippen molar-refractivity contribution in [1.29, 1.82) is 0 Å². The van der Waals surface area contributed by atoms with Crippen LogP contribution in [0.1, 0.15) is 51.0 Å². The lowest BCUT2D eigenvalue weighted by Crippen LogP contribution is -2.73. The zero-order valence-corrected chi connectivity index (χ0v) is 17.2. The monoisotopic (exact) mass is 399 g/mol. The van der Waals surface area contributed by atoms with Crippen LogP contribution in [-0.2, 0) is 14.9 Å². The van der Waals surface area contributed by atoms with Gasteiger partial charge in [0, 0.05) is 31.7 Å². The summed E-state index contributed by atoms with van der Waals surface area (Å²) >= 11 is 0. The molecule has 0 atom stereocenters. The van der Waals surface area contributed by atoms with Gasteiger partial charge in [0.2, 0.25) is 5.91 Å². The maximum atomic E-state index is 13.1. The lowest BCUT2D eigenvalue weighted by Gasteiger charge is -2.71. The van der Waals surface area contributed by atoms with E-state index in [2.05, 4.69) is 17.0 Å². The van der Waals surface area contributed by atoms with Crippen LogP contribution in [0.25, 0.3) is 0 Å². The van der Waals surface area contributed by atoms with Crippen molar-refractivity contribution in [3.05, 3.63) is 41.7 Å². The zero-order chi connectivity index (χ0) is 20.1. The largest absolute Gasteiger partial charge is 0.489 e. The van der Waals surface area contributed by atoms with Crippen molar-refractivity contribution in [2.45, 2.75) is 50.9 Å². The molecule has 2 heterocycles. The molecular weight excluding hydrogens is 369 g/mol. The molecule has 29 heavy (non-hydrogen) atoms. The van der Waals surface area contributed by atoms with E-state index in [9.17, 15) is 9.18 Å². The average molecular weight is 400 g/mol. The van der Waals surface area contributed by atoms with Crippen molar-refractivity contribution >= 4 is 5.91 Å². The Kier molecular flexibility index (Phi) is 4.50. The van der Waals surface area contributed by atoms with Gasteiger partial charge in [0.15, 0.2) is 0 Å². The molecule has 5 heteroatoms. The molecule has 2 bridgehead atoms. The summed E-state index contributed by atoms with van der Waals surface area (Å²) in [7, 11) is 0. The molecule has 5 aliphatic rings. The minimum absolute atomic E-state index is 0.0934. The minimum atomic E-state index is -0.0934. The average Bonchev–Trinajstić information content (AvgIpc) is 2.66. The number of hydrogen-bond donors (Lipinski definition) is 0. The van der Waals surface area contributed by atoms with Crippen LogP contribution in [0.4, 0.5) is 4.39 Å². The summed E-state index contributed by atoms with van der Waals surface area (Å²) in [4.78, 5) is 15.2. The fraction of sp³-hybridized carbons (Fsp3) is 0.625. The van der Waals surface area contributed by atoms with E-state index in [0.717, 1.165) is 64.2 Å². The van der Waals surface area contributed by atoms with Crippen LogP contribution in [0.15, 0.2) is 36.2 Å². The van der Waals surface area contributed by atoms with E-state index in [1.54, 1.807) is 0 Å². The minimum Gasteiger partial charge on any atom is -0.489 e. The standard InChI is InChI=1S/C24H30FNO3/c1-2-18(11-25)12-29-20-5-3-19(4-6-20)23-13-24(14-23,15-23)21(27)26-16-22(17-26)7-9-28-10-8-22/h3-6,11H,2,7-10,12-17H2,1H3/b18-11+. The fourth-order valence-electron chi connectivity index (χ4n) is 5.98. The Balaban J connectivity index is 1.14. The molecule has 0 unspecified atom stereocenters. The third kappa shape index (κ3) is 3.00. The lowest BCUT2D eigenvalue weighted by molar-refractivity contribution is -0.201. The highest BCUT2D eigenvalue weighted by atomic mass is 19.1. The number of halogens is 1. The molecule has 1 spiro atoms. The first kappa shape index (κ1) is 19.1. The van der Waals surface area contributed by atoms with Gasteiger partial charge in [0.05, 0.1) is 11.7 Å². The molecule has 3 aliphatic carbocycles. The smallest absolute Gasteiger partial charge is 0.228 e. The first-order chi connectivity index (χ1) is 14.0. The van der Waals surface area contributed by atoms with E-state index in [0.29, 0.717) is 36.3 Å². The van der Waals surface area contributed by atoms with E-state index in [1.807, 2.05) is 19.1 Å². The predicted octanol–water partition coefficient (Wildman–Crippen LogP) is 4.39. The Morgan fingerprint density at radius 1 is 1.17 bits per heavy atom. The van der Waals surface area contributed by atoms with Crippen molar-refractivity contribution in [2.75, 3.05) is 32.9 Å². The number of likely N-dealkylation sites (tertiary alicyclic amines) is 1. The zero-order valence-electron chi connectivity index (χ0n) is 17.2. The van der Waals surface area contributed by atoms with Crippen LogP contribution in [0.3, 0.4) is 0 Å². The normalized spacial score (nSPS) is 32.2. The molecule has 0 N–H and O–H groups in total. The van der Waals surface area contributed by atoms with Gasteiger partial charge in [-0.2, -0.15) is 0 Å². The number of hydrogen-bond acceptors (Lipinski definition) is 3. The molecule has 2 saturated heterocycles. The summed E-state index contributed by atoms with van der Waals surface area (Å²) < 4.78 is 23.8. The maximum Gasteiger partial charge on any atom is 0.228 e. The first-order valence-electron chi connectivity index (χ1n) is 10.9. The molecule has 0 aromatic heterocycles. The third-order valence-corrected chi connectivity index (χ3v) is 7.88. The van der Waals surface area contributed by atoms with Gasteiger partial charge in [-0.25, -0.2) is 4.39 Å². The number of carbonyl (C=O) groups is 1. The number of amides is 1. The van der Waals surface area contributed by atoms with Crippen LogP contribution in [-0.4, -0.2) is 43.7 Å². The van der Waals surface area contributed by atoms with Crippen molar-refractivity contribution in [3.63, 3.8) is 0 Å². The van der Waals surface area contributed by atoms with Crippen molar-refractivity contribution in [3.8, 4) is 5.75 Å². The third-order valence-electron chi connectivity index (χ3n) is 7.88. The molecule has 4 nitrogen and oxygen atoms in total. The predicted molar refractivity (Wildman–Crippen MR) is 108 cm³/mol. The van der Waals surface area contributed by atoms with Crippen LogP contribution in [0.2, 0.25) is 0 Å². The summed E-state index contributed by atoms with van der Waals surface area (Å²) in [5.74, 6) is 1.16. The molecule has 6 rings (SSSR count). The highest BCUT2D eigenvalue weighted by Crippen LogP contribution is 2.74. The number of carbonyl (C=O) groups excluding carboxylic acids is 1.